The van der Waals surface area contributed by atoms with Crippen molar-refractivity contribution < 1.29 is 19.2 Å². The van der Waals surface area contributed by atoms with Crippen LogP contribution in [0.4, 0.5) is 22.7 Å². The van der Waals surface area contributed by atoms with Crippen molar-refractivity contribution in [2.75, 3.05) is 47.4 Å². The van der Waals surface area contributed by atoms with Crippen molar-refractivity contribution in [3.8, 4) is 0 Å². The molecule has 10 aliphatic rings. The Balaban J connectivity index is 0.000000123. The first-order valence-corrected chi connectivity index (χ1v) is 22.1. The van der Waals surface area contributed by atoms with Crippen LogP contribution in [0.2, 0.25) is 0 Å². The highest BCUT2D eigenvalue weighted by molar-refractivity contribution is 6.18. The third-order valence-corrected chi connectivity index (χ3v) is 16.4. The van der Waals surface area contributed by atoms with Crippen LogP contribution in [0.3, 0.4) is 0 Å². The second-order valence-electron chi connectivity index (χ2n) is 18.5. The van der Waals surface area contributed by atoms with Crippen LogP contribution in [0.25, 0.3) is 0 Å². The first kappa shape index (κ1) is 35.4. The van der Waals surface area contributed by atoms with E-state index in [1.54, 1.807) is 0 Å². The number of carbonyl (C=O) groups is 4. The molecule has 4 amide bonds. The Kier molecular flexibility index (Phi) is 7.15. The molecule has 12 nitrogen and oxygen atoms in total. The molecule has 0 aliphatic carbocycles. The highest BCUT2D eigenvalue weighted by Crippen LogP contribution is 2.66. The molecule has 4 spiro atoms. The number of anilines is 4. The summed E-state index contributed by atoms with van der Waals surface area (Å²) in [6.07, 6.45) is 8.57. The number of piperazine rings is 2. The van der Waals surface area contributed by atoms with Crippen molar-refractivity contribution in [3.05, 3.63) is 119 Å². The van der Waals surface area contributed by atoms with Gasteiger partial charge in [0.1, 0.15) is 0 Å². The minimum atomic E-state index is -1.05. The predicted molar refractivity (Wildman–Crippen MR) is 226 cm³/mol. The lowest BCUT2D eigenvalue weighted by Crippen LogP contribution is -2.79. The minimum absolute atomic E-state index is 0.0622. The molecule has 0 unspecified atom stereocenters. The molecule has 6 fully saturated rings. The number of amides is 4. The highest BCUT2D eigenvalue weighted by Gasteiger charge is 2.79. The van der Waals surface area contributed by atoms with Gasteiger partial charge in [-0.3, -0.25) is 38.8 Å². The van der Waals surface area contributed by atoms with E-state index in [-0.39, 0.29) is 23.6 Å². The largest absolute Gasteiger partial charge is 0.324 e. The van der Waals surface area contributed by atoms with Gasteiger partial charge in [-0.25, -0.2) is 0 Å². The van der Waals surface area contributed by atoms with E-state index in [4.69, 9.17) is 0 Å². The Morgan fingerprint density at radius 2 is 0.567 bits per heavy atom. The number of rotatable bonds is 0. The number of hydrogen-bond donors (Lipinski definition) is 4. The first-order valence-electron chi connectivity index (χ1n) is 22.1. The van der Waals surface area contributed by atoms with Gasteiger partial charge in [0.05, 0.1) is 0 Å². The van der Waals surface area contributed by atoms with Crippen molar-refractivity contribution in [2.24, 2.45) is 0 Å². The molecule has 14 rings (SSSR count). The Morgan fingerprint density at radius 3 is 0.800 bits per heavy atom. The quantitative estimate of drug-likeness (QED) is 0.190. The number of carbonyl (C=O) groups excluding carboxylic acids is 4. The van der Waals surface area contributed by atoms with Crippen molar-refractivity contribution in [1.29, 1.82) is 0 Å². The van der Waals surface area contributed by atoms with Crippen molar-refractivity contribution >= 4 is 46.4 Å². The molecule has 4 aromatic carbocycles. The second-order valence-corrected chi connectivity index (χ2v) is 18.5. The lowest BCUT2D eigenvalue weighted by atomic mass is 9.64. The second kappa shape index (κ2) is 12.1. The summed E-state index contributed by atoms with van der Waals surface area (Å²) in [5.74, 6) is -0.249. The van der Waals surface area contributed by atoms with Gasteiger partial charge in [-0.05, 0) is 75.6 Å². The lowest BCUT2D eigenvalue weighted by Gasteiger charge is -2.61. The molecule has 0 saturated carbocycles. The average molecular weight is 801 g/mol. The molecule has 4 aromatic rings. The van der Waals surface area contributed by atoms with E-state index in [1.165, 1.54) is 0 Å². The monoisotopic (exact) mass is 800 g/mol. The molecule has 0 aromatic heterocycles. The Morgan fingerprint density at radius 1 is 0.350 bits per heavy atom. The summed E-state index contributed by atoms with van der Waals surface area (Å²) >= 11 is 0. The summed E-state index contributed by atoms with van der Waals surface area (Å²) in [6, 6.07) is 33.1. The lowest BCUT2D eigenvalue weighted by molar-refractivity contribution is -0.178. The molecule has 304 valence electrons. The van der Waals surface area contributed by atoms with Crippen molar-refractivity contribution in [3.63, 3.8) is 0 Å². The smallest absolute Gasteiger partial charge is 0.252 e. The Hall–Kier alpha value is -5.40. The fourth-order valence-electron chi connectivity index (χ4n) is 14.8. The molecule has 4 N–H and O–H groups in total. The molecule has 10 heterocycles. The first-order chi connectivity index (χ1) is 29.4. The summed E-state index contributed by atoms with van der Waals surface area (Å²) in [4.78, 5) is 66.0. The zero-order valence-electron chi connectivity index (χ0n) is 33.5. The predicted octanol–water partition coefficient (Wildman–Crippen LogP) is 5.25. The number of nitrogens with one attached hydrogen (secondary N) is 4. The molecule has 0 radical (unpaired) electrons. The number of benzene rings is 4. The van der Waals surface area contributed by atoms with Crippen LogP contribution in [-0.4, -0.2) is 93.6 Å². The Bertz CT molecular complexity index is 2230. The summed E-state index contributed by atoms with van der Waals surface area (Å²) in [7, 11) is 0. The van der Waals surface area contributed by atoms with E-state index in [0.717, 1.165) is 123 Å². The van der Waals surface area contributed by atoms with E-state index in [1.807, 2.05) is 72.8 Å². The summed E-state index contributed by atoms with van der Waals surface area (Å²) < 4.78 is 0. The topological polar surface area (TPSA) is 129 Å². The summed E-state index contributed by atoms with van der Waals surface area (Å²) in [5.41, 5.74) is 2.90. The van der Waals surface area contributed by atoms with Crippen molar-refractivity contribution in [2.45, 2.75) is 97.7 Å². The van der Waals surface area contributed by atoms with E-state index in [9.17, 15) is 19.2 Å². The van der Waals surface area contributed by atoms with Gasteiger partial charge in [0.25, 0.3) is 23.6 Å². The van der Waals surface area contributed by atoms with Crippen LogP contribution in [0.15, 0.2) is 97.1 Å². The number of para-hydroxylation sites is 4. The van der Waals surface area contributed by atoms with E-state index < -0.39 is 22.2 Å². The fourth-order valence-corrected chi connectivity index (χ4v) is 14.8. The SMILES string of the molecule is O=C1Nc2ccccc2[C@@]12N1CCC[C@@H]1[C@H]1CCCN1[C@]21C(=O)Nc2ccccc21.O=C1Nc2ccccc2[C@]12N1CCC[C@H]1[C@@H]1CCCN1[C@@]21C(=O)Nc2ccccc21. The molecular formula is C48H48N8O4. The minimum Gasteiger partial charge on any atom is -0.324 e. The van der Waals surface area contributed by atoms with E-state index >= 15 is 0 Å². The van der Waals surface area contributed by atoms with Gasteiger partial charge < -0.3 is 21.3 Å². The normalized spacial score (nSPS) is 36.5. The zero-order valence-corrected chi connectivity index (χ0v) is 33.5. The molecular weight excluding hydrogens is 753 g/mol. The summed E-state index contributed by atoms with van der Waals surface area (Å²) in [6.45, 7) is 3.36. The molecule has 6 saturated heterocycles. The third kappa shape index (κ3) is 3.78. The van der Waals surface area contributed by atoms with Gasteiger partial charge in [0.15, 0.2) is 22.2 Å². The van der Waals surface area contributed by atoms with Crippen LogP contribution < -0.4 is 21.3 Å². The van der Waals surface area contributed by atoms with E-state index in [0.29, 0.717) is 24.2 Å². The molecule has 0 bridgehead atoms. The maximum absolute atomic E-state index is 14.1. The van der Waals surface area contributed by atoms with Gasteiger partial charge in [0, 0.05) is 95.3 Å². The van der Waals surface area contributed by atoms with Crippen LogP contribution >= 0.6 is 0 Å². The van der Waals surface area contributed by atoms with E-state index in [2.05, 4.69) is 65.1 Å². The summed E-state index contributed by atoms with van der Waals surface area (Å²) in [5, 5.41) is 12.7. The van der Waals surface area contributed by atoms with Crippen LogP contribution in [0.1, 0.15) is 73.6 Å². The van der Waals surface area contributed by atoms with Crippen LogP contribution in [0.5, 0.6) is 0 Å². The average Bonchev–Trinajstić information content (AvgIpc) is 4.12. The van der Waals surface area contributed by atoms with Gasteiger partial charge in [0.2, 0.25) is 0 Å². The van der Waals surface area contributed by atoms with Gasteiger partial charge in [-0.1, -0.05) is 72.8 Å². The fraction of sp³-hybridized carbons (Fsp3) is 0.417. The molecule has 60 heavy (non-hydrogen) atoms. The maximum atomic E-state index is 14.1. The van der Waals surface area contributed by atoms with Gasteiger partial charge >= 0.3 is 0 Å². The molecule has 12 heteroatoms. The highest BCUT2D eigenvalue weighted by atomic mass is 16.2. The van der Waals surface area contributed by atoms with Crippen molar-refractivity contribution in [1.82, 2.24) is 19.6 Å². The molecule has 8 atom stereocenters. The van der Waals surface area contributed by atoms with Gasteiger partial charge in [-0.15, -0.1) is 0 Å². The van der Waals surface area contributed by atoms with Crippen LogP contribution in [0, 0.1) is 0 Å². The third-order valence-electron chi connectivity index (χ3n) is 16.4. The number of fused-ring (bicyclic) bond motifs is 20. The van der Waals surface area contributed by atoms with Crippen LogP contribution in [-0.2, 0) is 41.3 Å². The maximum Gasteiger partial charge on any atom is 0.252 e. The van der Waals surface area contributed by atoms with Gasteiger partial charge in [-0.2, -0.15) is 0 Å². The molecule has 10 aliphatic heterocycles. The zero-order chi connectivity index (χ0) is 40.2. The standard InChI is InChI=1S/2C24H24N4O2/c2*29-21-23(15-7-1-3-9-17(15)25-21)24(16-8-2-4-10-18(16)26-22(24)30)28-14-6-12-20(28)19-11-5-13-27(19)23/h2*1-4,7-10,19-20H,5-6,11-14H2,(H,25,29)(H,26,30)/t2*19-,20-,23-,24-/m10/s1. The number of hydrogen-bond acceptors (Lipinski definition) is 8. The number of nitrogens with zero attached hydrogens (tertiary/aromatic N) is 4. The Labute approximate surface area is 348 Å².